The van der Waals surface area contributed by atoms with Gasteiger partial charge in [-0.15, -0.1) is 0 Å². The molecule has 4 heteroatoms. The summed E-state index contributed by atoms with van der Waals surface area (Å²) in [6.45, 7) is 2.71. The van der Waals surface area contributed by atoms with Gasteiger partial charge in [-0.25, -0.2) is 4.98 Å². The Hall–Kier alpha value is -2.46. The largest absolute Gasteiger partial charge is 0.392 e. The van der Waals surface area contributed by atoms with E-state index in [9.17, 15) is 5.11 Å². The van der Waals surface area contributed by atoms with Gasteiger partial charge < -0.3 is 10.4 Å². The Morgan fingerprint density at radius 1 is 1.14 bits per heavy atom. The molecule has 0 aliphatic rings. The Labute approximate surface area is 129 Å². The molecule has 4 nitrogen and oxygen atoms in total. The lowest BCUT2D eigenvalue weighted by atomic mass is 10.1. The Morgan fingerprint density at radius 3 is 2.77 bits per heavy atom. The number of aliphatic hydroxyl groups is 1. The molecule has 0 bridgehead atoms. The third kappa shape index (κ3) is 3.23. The number of benzene rings is 1. The van der Waals surface area contributed by atoms with Crippen LogP contribution in [0, 0.1) is 6.92 Å². The molecule has 2 N–H and O–H groups in total. The fourth-order valence-electron chi connectivity index (χ4n) is 2.40. The van der Waals surface area contributed by atoms with Crippen molar-refractivity contribution >= 4 is 16.7 Å². The quantitative estimate of drug-likeness (QED) is 0.759. The summed E-state index contributed by atoms with van der Waals surface area (Å²) in [5, 5.41) is 13.9. The highest BCUT2D eigenvalue weighted by Crippen LogP contribution is 2.20. The van der Waals surface area contributed by atoms with E-state index in [1.165, 1.54) is 5.56 Å². The van der Waals surface area contributed by atoms with Crippen molar-refractivity contribution in [3.05, 3.63) is 65.5 Å². The number of nitrogens with one attached hydrogen (secondary N) is 1. The molecule has 22 heavy (non-hydrogen) atoms. The van der Waals surface area contributed by atoms with Gasteiger partial charge in [-0.3, -0.25) is 4.98 Å². The molecule has 0 saturated carbocycles. The lowest BCUT2D eigenvalue weighted by Crippen LogP contribution is -2.09. The molecule has 112 valence electrons. The van der Waals surface area contributed by atoms with Crippen LogP contribution in [0.1, 0.15) is 16.8 Å². The number of hydrogen-bond donors (Lipinski definition) is 2. The summed E-state index contributed by atoms with van der Waals surface area (Å²) in [6, 6.07) is 14.0. The highest BCUT2D eigenvalue weighted by molar-refractivity contribution is 5.81. The lowest BCUT2D eigenvalue weighted by Gasteiger charge is -2.11. The monoisotopic (exact) mass is 293 g/mol. The van der Waals surface area contributed by atoms with E-state index >= 15 is 0 Å². The van der Waals surface area contributed by atoms with Crippen molar-refractivity contribution in [1.82, 2.24) is 9.97 Å². The number of anilines is 1. The molecular formula is C18H19N3O. The van der Waals surface area contributed by atoms with Crippen molar-refractivity contribution in [3.8, 4) is 0 Å². The first-order valence-electron chi connectivity index (χ1n) is 7.41. The molecule has 3 aromatic rings. The summed E-state index contributed by atoms with van der Waals surface area (Å²) in [4.78, 5) is 8.90. The molecule has 0 atom stereocenters. The zero-order valence-electron chi connectivity index (χ0n) is 12.6. The maximum absolute atomic E-state index is 9.53. The summed E-state index contributed by atoms with van der Waals surface area (Å²) in [5.74, 6) is 0.751. The third-order valence-electron chi connectivity index (χ3n) is 3.65. The Balaban J connectivity index is 1.73. The first kappa shape index (κ1) is 14.5. The minimum atomic E-state index is -0.0216. The van der Waals surface area contributed by atoms with Crippen molar-refractivity contribution in [2.24, 2.45) is 0 Å². The number of aromatic nitrogens is 2. The molecule has 3 rings (SSSR count). The summed E-state index contributed by atoms with van der Waals surface area (Å²) >= 11 is 0. The maximum atomic E-state index is 9.53. The van der Waals surface area contributed by atoms with E-state index in [1.807, 2.05) is 49.5 Å². The lowest BCUT2D eigenvalue weighted by molar-refractivity contribution is 0.282. The maximum Gasteiger partial charge on any atom is 0.132 e. The van der Waals surface area contributed by atoms with Crippen LogP contribution < -0.4 is 5.32 Å². The fraction of sp³-hybridized carbons (Fsp3) is 0.222. The molecule has 0 amide bonds. The molecule has 2 heterocycles. The Kier molecular flexibility index (Phi) is 4.30. The van der Waals surface area contributed by atoms with Gasteiger partial charge in [0.15, 0.2) is 0 Å². The topological polar surface area (TPSA) is 58.0 Å². The summed E-state index contributed by atoms with van der Waals surface area (Å²) in [7, 11) is 0. The molecule has 0 spiro atoms. The van der Waals surface area contributed by atoms with Crippen LogP contribution in [-0.2, 0) is 13.0 Å². The van der Waals surface area contributed by atoms with Crippen molar-refractivity contribution in [2.75, 3.05) is 11.9 Å². The molecule has 0 unspecified atom stereocenters. The molecule has 0 aliphatic heterocycles. The molecular weight excluding hydrogens is 274 g/mol. The molecule has 1 aromatic carbocycles. The first-order chi connectivity index (χ1) is 10.8. The number of nitrogens with zero attached hydrogens (tertiary/aromatic N) is 2. The number of aryl methyl sites for hydroxylation is 1. The standard InChI is InChI=1S/C18H19N3O/c1-13-6-7-14(11-20-13)8-9-19-18-16(12-22)10-15-4-2-3-5-17(15)21-18/h2-7,10-11,22H,8-9,12H2,1H3,(H,19,21). The highest BCUT2D eigenvalue weighted by Gasteiger charge is 2.05. The van der Waals surface area contributed by atoms with E-state index in [4.69, 9.17) is 0 Å². The molecule has 0 aliphatic carbocycles. The van der Waals surface area contributed by atoms with Crippen molar-refractivity contribution in [2.45, 2.75) is 20.0 Å². The van der Waals surface area contributed by atoms with Crippen LogP contribution in [0.5, 0.6) is 0 Å². The number of para-hydroxylation sites is 1. The second-order valence-corrected chi connectivity index (χ2v) is 5.33. The van der Waals surface area contributed by atoms with Gasteiger partial charge in [0.2, 0.25) is 0 Å². The van der Waals surface area contributed by atoms with Crippen LogP contribution in [-0.4, -0.2) is 21.6 Å². The Bertz CT molecular complexity index is 769. The van der Waals surface area contributed by atoms with E-state index in [2.05, 4.69) is 21.4 Å². The van der Waals surface area contributed by atoms with Gasteiger partial charge in [0.25, 0.3) is 0 Å². The van der Waals surface area contributed by atoms with Gasteiger partial charge in [-0.1, -0.05) is 24.3 Å². The normalized spacial score (nSPS) is 10.8. The average Bonchev–Trinajstić information content (AvgIpc) is 2.56. The highest BCUT2D eigenvalue weighted by atomic mass is 16.3. The van der Waals surface area contributed by atoms with Crippen LogP contribution in [0.25, 0.3) is 10.9 Å². The van der Waals surface area contributed by atoms with E-state index in [0.717, 1.165) is 40.9 Å². The van der Waals surface area contributed by atoms with Crippen molar-refractivity contribution < 1.29 is 5.11 Å². The van der Waals surface area contributed by atoms with Gasteiger partial charge in [0, 0.05) is 29.4 Å². The summed E-state index contributed by atoms with van der Waals surface area (Å²) in [6.07, 6.45) is 2.77. The van der Waals surface area contributed by atoms with Crippen LogP contribution >= 0.6 is 0 Å². The predicted molar refractivity (Wildman–Crippen MR) is 88.8 cm³/mol. The molecule has 0 fully saturated rings. The van der Waals surface area contributed by atoms with Gasteiger partial charge in [0.1, 0.15) is 5.82 Å². The zero-order valence-corrected chi connectivity index (χ0v) is 12.6. The van der Waals surface area contributed by atoms with E-state index < -0.39 is 0 Å². The van der Waals surface area contributed by atoms with Gasteiger partial charge in [-0.2, -0.15) is 0 Å². The van der Waals surface area contributed by atoms with Crippen molar-refractivity contribution in [1.29, 1.82) is 0 Å². The third-order valence-corrected chi connectivity index (χ3v) is 3.65. The number of hydrogen-bond acceptors (Lipinski definition) is 4. The smallest absolute Gasteiger partial charge is 0.132 e. The number of aliphatic hydroxyl groups excluding tert-OH is 1. The van der Waals surface area contributed by atoms with Gasteiger partial charge in [-0.05, 0) is 37.1 Å². The number of pyridine rings is 2. The van der Waals surface area contributed by atoms with E-state index in [0.29, 0.717) is 0 Å². The zero-order chi connectivity index (χ0) is 15.4. The molecule has 2 aromatic heterocycles. The second kappa shape index (κ2) is 6.54. The van der Waals surface area contributed by atoms with Crippen LogP contribution in [0.3, 0.4) is 0 Å². The van der Waals surface area contributed by atoms with Crippen LogP contribution in [0.2, 0.25) is 0 Å². The summed E-state index contributed by atoms with van der Waals surface area (Å²) < 4.78 is 0. The molecule has 0 saturated heterocycles. The van der Waals surface area contributed by atoms with Crippen molar-refractivity contribution in [3.63, 3.8) is 0 Å². The fourth-order valence-corrected chi connectivity index (χ4v) is 2.40. The van der Waals surface area contributed by atoms with Gasteiger partial charge in [0.05, 0.1) is 12.1 Å². The second-order valence-electron chi connectivity index (χ2n) is 5.33. The minimum absolute atomic E-state index is 0.0216. The predicted octanol–water partition coefficient (Wildman–Crippen LogP) is 3.09. The van der Waals surface area contributed by atoms with Gasteiger partial charge >= 0.3 is 0 Å². The first-order valence-corrected chi connectivity index (χ1v) is 7.41. The average molecular weight is 293 g/mol. The molecule has 0 radical (unpaired) electrons. The van der Waals surface area contributed by atoms with Crippen LogP contribution in [0.4, 0.5) is 5.82 Å². The SMILES string of the molecule is Cc1ccc(CCNc2nc3ccccc3cc2CO)cn1. The number of rotatable bonds is 5. The minimum Gasteiger partial charge on any atom is -0.392 e. The summed E-state index contributed by atoms with van der Waals surface area (Å²) in [5.41, 5.74) is 3.96. The van der Waals surface area contributed by atoms with E-state index in [-0.39, 0.29) is 6.61 Å². The van der Waals surface area contributed by atoms with Crippen LogP contribution in [0.15, 0.2) is 48.7 Å². The number of fused-ring (bicyclic) bond motifs is 1. The van der Waals surface area contributed by atoms with E-state index in [1.54, 1.807) is 0 Å². The Morgan fingerprint density at radius 2 is 2.00 bits per heavy atom.